The first-order valence-electron chi connectivity index (χ1n) is 4.15. The molecule has 0 amide bonds. The number of methoxy groups -OCH3 is 1. The zero-order valence-electron chi connectivity index (χ0n) is 7.85. The third kappa shape index (κ3) is 1.56. The number of fused-ring (bicyclic) bond motifs is 1. The van der Waals surface area contributed by atoms with E-state index in [1.807, 2.05) is 0 Å². The van der Waals surface area contributed by atoms with Crippen LogP contribution in [0.5, 0.6) is 0 Å². The third-order valence-electron chi connectivity index (χ3n) is 1.88. The first kappa shape index (κ1) is 9.32. The molecule has 0 radical (unpaired) electrons. The summed E-state index contributed by atoms with van der Waals surface area (Å²) in [5.74, 6) is -0.583. The van der Waals surface area contributed by atoms with Crippen molar-refractivity contribution < 1.29 is 9.53 Å². The summed E-state index contributed by atoms with van der Waals surface area (Å²) in [5, 5.41) is 0. The molecule has 2 heterocycles. The van der Waals surface area contributed by atoms with E-state index in [0.29, 0.717) is 5.52 Å². The molecule has 0 bridgehead atoms. The van der Waals surface area contributed by atoms with E-state index < -0.39 is 5.97 Å². The Kier molecular flexibility index (Phi) is 2.17. The lowest BCUT2D eigenvalue weighted by Gasteiger charge is -1.99. The Bertz CT molecular complexity index is 576. The molecule has 0 saturated carbocycles. The third-order valence-corrected chi connectivity index (χ3v) is 1.88. The van der Waals surface area contributed by atoms with Crippen LogP contribution in [0.4, 0.5) is 0 Å². The number of rotatable bonds is 1. The Hall–Kier alpha value is -2.24. The minimum Gasteiger partial charge on any atom is -0.464 e. The molecule has 0 aliphatic heterocycles. The fourth-order valence-electron chi connectivity index (χ4n) is 1.17. The van der Waals surface area contributed by atoms with E-state index in [1.54, 1.807) is 6.07 Å². The summed E-state index contributed by atoms with van der Waals surface area (Å²) in [7, 11) is 1.25. The van der Waals surface area contributed by atoms with Crippen molar-refractivity contribution in [1.29, 1.82) is 0 Å². The Morgan fingerprint density at radius 3 is 3.00 bits per heavy atom. The highest BCUT2D eigenvalue weighted by molar-refractivity contribution is 5.89. The smallest absolute Gasteiger partial charge is 0.356 e. The largest absolute Gasteiger partial charge is 0.464 e. The van der Waals surface area contributed by atoms with Gasteiger partial charge in [0.1, 0.15) is 5.69 Å². The van der Waals surface area contributed by atoms with Crippen molar-refractivity contribution in [3.05, 3.63) is 34.5 Å². The van der Waals surface area contributed by atoms with Gasteiger partial charge in [0, 0.05) is 0 Å². The summed E-state index contributed by atoms with van der Waals surface area (Å²) >= 11 is 0. The van der Waals surface area contributed by atoms with Gasteiger partial charge in [-0.2, -0.15) is 0 Å². The molecule has 15 heavy (non-hydrogen) atoms. The molecule has 6 nitrogen and oxygen atoms in total. The SMILES string of the molecule is COC(=O)c1ccc2nc[nH]c(=O)c2n1. The van der Waals surface area contributed by atoms with Gasteiger partial charge in [-0.25, -0.2) is 14.8 Å². The van der Waals surface area contributed by atoms with Gasteiger partial charge < -0.3 is 9.72 Å². The Balaban J connectivity index is 2.70. The van der Waals surface area contributed by atoms with E-state index in [9.17, 15) is 9.59 Å². The first-order chi connectivity index (χ1) is 7.22. The standard InChI is InChI=1S/C9H7N3O3/c1-15-9(14)6-3-2-5-7(12-6)8(13)11-4-10-5/h2-4H,1H3,(H,10,11,13). The fourth-order valence-corrected chi connectivity index (χ4v) is 1.17. The number of H-pyrrole nitrogens is 1. The number of hydrogen-bond donors (Lipinski definition) is 1. The van der Waals surface area contributed by atoms with Crippen LogP contribution in [0, 0.1) is 0 Å². The summed E-state index contributed by atoms with van der Waals surface area (Å²) in [4.78, 5) is 32.6. The molecular weight excluding hydrogens is 198 g/mol. The number of carbonyl (C=O) groups is 1. The number of pyridine rings is 1. The number of aromatic nitrogens is 3. The van der Waals surface area contributed by atoms with Crippen molar-refractivity contribution in [3.63, 3.8) is 0 Å². The predicted molar refractivity (Wildman–Crippen MR) is 51.5 cm³/mol. The van der Waals surface area contributed by atoms with E-state index in [-0.39, 0.29) is 16.8 Å². The lowest BCUT2D eigenvalue weighted by atomic mass is 10.3. The van der Waals surface area contributed by atoms with Gasteiger partial charge >= 0.3 is 5.97 Å². The number of nitrogens with one attached hydrogen (secondary N) is 1. The van der Waals surface area contributed by atoms with Crippen LogP contribution < -0.4 is 5.56 Å². The zero-order valence-corrected chi connectivity index (χ0v) is 7.85. The van der Waals surface area contributed by atoms with E-state index in [4.69, 9.17) is 0 Å². The number of aromatic amines is 1. The average Bonchev–Trinajstić information content (AvgIpc) is 2.28. The maximum absolute atomic E-state index is 11.3. The summed E-state index contributed by atoms with van der Waals surface area (Å²) in [5.41, 5.74) is 0.265. The van der Waals surface area contributed by atoms with Crippen LogP contribution in [0.25, 0.3) is 11.0 Å². The Morgan fingerprint density at radius 1 is 1.47 bits per heavy atom. The van der Waals surface area contributed by atoms with Crippen LogP contribution in [-0.4, -0.2) is 28.0 Å². The van der Waals surface area contributed by atoms with Crippen LogP contribution >= 0.6 is 0 Å². The lowest BCUT2D eigenvalue weighted by Crippen LogP contribution is -2.11. The van der Waals surface area contributed by atoms with Crippen LogP contribution in [0.2, 0.25) is 0 Å². The van der Waals surface area contributed by atoms with Crippen LogP contribution in [0.1, 0.15) is 10.5 Å². The van der Waals surface area contributed by atoms with Gasteiger partial charge in [-0.15, -0.1) is 0 Å². The van der Waals surface area contributed by atoms with Crippen molar-refractivity contribution in [2.75, 3.05) is 7.11 Å². The van der Waals surface area contributed by atoms with Crippen LogP contribution in [0.3, 0.4) is 0 Å². The minimum absolute atomic E-state index is 0.0866. The first-order valence-corrected chi connectivity index (χ1v) is 4.15. The van der Waals surface area contributed by atoms with Gasteiger partial charge in [0.2, 0.25) is 0 Å². The number of ether oxygens (including phenoxy) is 1. The highest BCUT2D eigenvalue weighted by Crippen LogP contribution is 2.05. The van der Waals surface area contributed by atoms with Crippen molar-refractivity contribution in [3.8, 4) is 0 Å². The molecule has 0 aromatic carbocycles. The molecule has 0 spiro atoms. The molecule has 2 rings (SSSR count). The van der Waals surface area contributed by atoms with Crippen molar-refractivity contribution in [2.45, 2.75) is 0 Å². The highest BCUT2D eigenvalue weighted by Gasteiger charge is 2.09. The van der Waals surface area contributed by atoms with Crippen molar-refractivity contribution in [2.24, 2.45) is 0 Å². The Morgan fingerprint density at radius 2 is 2.27 bits per heavy atom. The number of carbonyl (C=O) groups excluding carboxylic acids is 1. The lowest BCUT2D eigenvalue weighted by molar-refractivity contribution is 0.0594. The topological polar surface area (TPSA) is 84.9 Å². The van der Waals surface area contributed by atoms with E-state index in [2.05, 4.69) is 19.7 Å². The molecular formula is C9H7N3O3. The van der Waals surface area contributed by atoms with Gasteiger partial charge in [-0.3, -0.25) is 4.79 Å². The quantitative estimate of drug-likeness (QED) is 0.667. The Labute approximate surface area is 83.9 Å². The molecule has 6 heteroatoms. The summed E-state index contributed by atoms with van der Waals surface area (Å²) < 4.78 is 4.49. The van der Waals surface area contributed by atoms with Crippen molar-refractivity contribution >= 4 is 17.0 Å². The van der Waals surface area contributed by atoms with E-state index >= 15 is 0 Å². The van der Waals surface area contributed by atoms with Crippen molar-refractivity contribution in [1.82, 2.24) is 15.0 Å². The van der Waals surface area contributed by atoms with E-state index in [1.165, 1.54) is 19.5 Å². The normalized spacial score (nSPS) is 10.2. The highest BCUT2D eigenvalue weighted by atomic mass is 16.5. The molecule has 0 saturated heterocycles. The molecule has 0 aliphatic rings. The molecule has 76 valence electrons. The van der Waals surface area contributed by atoms with Gasteiger partial charge in [0.05, 0.1) is 19.0 Å². The molecule has 2 aromatic heterocycles. The summed E-state index contributed by atoms with van der Waals surface area (Å²) in [6, 6.07) is 3.00. The number of esters is 1. The maximum Gasteiger partial charge on any atom is 0.356 e. The molecule has 1 N–H and O–H groups in total. The monoisotopic (exact) mass is 205 g/mol. The molecule has 0 aliphatic carbocycles. The second-order valence-electron chi connectivity index (χ2n) is 2.79. The number of nitrogens with zero attached hydrogens (tertiary/aromatic N) is 2. The minimum atomic E-state index is -0.583. The fraction of sp³-hybridized carbons (Fsp3) is 0.111. The second kappa shape index (κ2) is 3.49. The second-order valence-corrected chi connectivity index (χ2v) is 2.79. The summed E-state index contributed by atoms with van der Waals surface area (Å²) in [6.45, 7) is 0. The van der Waals surface area contributed by atoms with Gasteiger partial charge in [0.15, 0.2) is 5.52 Å². The zero-order chi connectivity index (χ0) is 10.8. The van der Waals surface area contributed by atoms with Gasteiger partial charge in [0.25, 0.3) is 5.56 Å². The predicted octanol–water partition coefficient (Wildman–Crippen LogP) is 0.105. The maximum atomic E-state index is 11.3. The van der Waals surface area contributed by atoms with E-state index in [0.717, 1.165) is 0 Å². The molecule has 0 unspecified atom stereocenters. The van der Waals surface area contributed by atoms with Gasteiger partial charge in [-0.05, 0) is 12.1 Å². The number of hydrogen-bond acceptors (Lipinski definition) is 5. The molecule has 0 atom stereocenters. The van der Waals surface area contributed by atoms with Crippen LogP contribution in [0.15, 0.2) is 23.3 Å². The van der Waals surface area contributed by atoms with Crippen LogP contribution in [-0.2, 0) is 4.74 Å². The molecule has 0 fully saturated rings. The molecule has 2 aromatic rings. The van der Waals surface area contributed by atoms with Gasteiger partial charge in [-0.1, -0.05) is 0 Å². The summed E-state index contributed by atoms with van der Waals surface area (Å²) in [6.07, 6.45) is 1.28. The average molecular weight is 205 g/mol.